The Bertz CT molecular complexity index is 858. The fourth-order valence-corrected chi connectivity index (χ4v) is 4.04. The van der Waals surface area contributed by atoms with Crippen LogP contribution in [0.2, 0.25) is 0 Å². The van der Waals surface area contributed by atoms with E-state index in [0.29, 0.717) is 11.1 Å². The summed E-state index contributed by atoms with van der Waals surface area (Å²) in [6.45, 7) is 0.738. The molecule has 7 heteroatoms. The monoisotopic (exact) mass is 392 g/mol. The quantitative estimate of drug-likeness (QED) is 0.794. The molecule has 28 heavy (non-hydrogen) atoms. The molecule has 150 valence electrons. The van der Waals surface area contributed by atoms with Gasteiger partial charge in [-0.3, -0.25) is 9.78 Å². The van der Waals surface area contributed by atoms with E-state index in [4.69, 9.17) is 5.73 Å². The Morgan fingerprint density at radius 1 is 1.11 bits per heavy atom. The van der Waals surface area contributed by atoms with Gasteiger partial charge in [-0.1, -0.05) is 25.3 Å². The van der Waals surface area contributed by atoms with Crippen LogP contribution in [-0.2, 0) is 5.60 Å². The number of primary amides is 1. The highest BCUT2D eigenvalue weighted by molar-refractivity contribution is 5.97. The molecule has 1 amide bonds. The number of amides is 1. The molecule has 2 aromatic rings. The summed E-state index contributed by atoms with van der Waals surface area (Å²) in [5.74, 6) is -0.780. The predicted octanol–water partition coefficient (Wildman–Crippen LogP) is 4.67. The summed E-state index contributed by atoms with van der Waals surface area (Å²) in [5.41, 5.74) is 3.63. The van der Waals surface area contributed by atoms with E-state index in [1.54, 1.807) is 12.1 Å². The van der Waals surface area contributed by atoms with Gasteiger partial charge in [-0.15, -0.1) is 0 Å². The van der Waals surface area contributed by atoms with Crippen LogP contribution in [-0.4, -0.2) is 22.2 Å². The molecular formula is C21H23F3N2O2. The molecule has 0 aliphatic heterocycles. The van der Waals surface area contributed by atoms with Crippen molar-refractivity contribution in [3.8, 4) is 11.1 Å². The smallest absolute Gasteiger partial charge is 0.376 e. The van der Waals surface area contributed by atoms with E-state index in [9.17, 15) is 23.1 Å². The third-order valence-electron chi connectivity index (χ3n) is 5.57. The number of aromatic nitrogens is 1. The van der Waals surface area contributed by atoms with Gasteiger partial charge < -0.3 is 10.8 Å². The summed E-state index contributed by atoms with van der Waals surface area (Å²) in [5, 5.41) is 10.5. The molecule has 1 aliphatic rings. The fourth-order valence-electron chi connectivity index (χ4n) is 4.04. The van der Waals surface area contributed by atoms with Crippen molar-refractivity contribution < 1.29 is 23.1 Å². The topological polar surface area (TPSA) is 76.2 Å². The molecule has 1 atom stereocenters. The first kappa shape index (κ1) is 20.3. The van der Waals surface area contributed by atoms with Gasteiger partial charge in [0.1, 0.15) is 0 Å². The summed E-state index contributed by atoms with van der Waals surface area (Å²) < 4.78 is 41.1. The molecule has 1 unspecified atom stereocenters. The van der Waals surface area contributed by atoms with Crippen LogP contribution in [0.1, 0.15) is 66.4 Å². The maximum Gasteiger partial charge on any atom is 0.421 e. The van der Waals surface area contributed by atoms with Crippen molar-refractivity contribution in [2.24, 2.45) is 5.73 Å². The number of nitrogens with zero attached hydrogens (tertiary/aromatic N) is 1. The summed E-state index contributed by atoms with van der Waals surface area (Å²) in [4.78, 5) is 16.1. The SMILES string of the molecule is CC(O)(c1ccc(C(N)=O)c(C2CCCCC2)c1-c1ccncc1)C(F)(F)F. The zero-order valence-corrected chi connectivity index (χ0v) is 15.6. The van der Waals surface area contributed by atoms with Gasteiger partial charge in [0.15, 0.2) is 5.60 Å². The van der Waals surface area contributed by atoms with E-state index in [0.717, 1.165) is 45.1 Å². The van der Waals surface area contributed by atoms with Crippen LogP contribution in [0.25, 0.3) is 11.1 Å². The number of carbonyl (C=O) groups is 1. The van der Waals surface area contributed by atoms with Gasteiger partial charge in [0.2, 0.25) is 5.91 Å². The highest BCUT2D eigenvalue weighted by Gasteiger charge is 2.52. The van der Waals surface area contributed by atoms with Crippen LogP contribution >= 0.6 is 0 Å². The first-order chi connectivity index (χ1) is 13.1. The van der Waals surface area contributed by atoms with Crippen molar-refractivity contribution in [3.63, 3.8) is 0 Å². The third-order valence-corrected chi connectivity index (χ3v) is 5.57. The van der Waals surface area contributed by atoms with Crippen molar-refractivity contribution >= 4 is 5.91 Å². The standard InChI is InChI=1S/C21H23F3N2O2/c1-20(28,21(22,23)24)16-8-7-15(19(25)27)17(13-5-3-2-4-6-13)18(16)14-9-11-26-12-10-14/h7-13,28H,2-6H2,1H3,(H2,25,27). The lowest BCUT2D eigenvalue weighted by Crippen LogP contribution is -2.40. The Hall–Kier alpha value is -2.41. The Labute approximate surface area is 161 Å². The lowest BCUT2D eigenvalue weighted by atomic mass is 9.75. The second-order valence-electron chi connectivity index (χ2n) is 7.45. The molecule has 0 bridgehead atoms. The van der Waals surface area contributed by atoms with Crippen LogP contribution < -0.4 is 5.73 Å². The number of hydrogen-bond acceptors (Lipinski definition) is 3. The molecule has 1 saturated carbocycles. The van der Waals surface area contributed by atoms with Crippen molar-refractivity contribution in [3.05, 3.63) is 53.3 Å². The Morgan fingerprint density at radius 2 is 1.71 bits per heavy atom. The van der Waals surface area contributed by atoms with Crippen molar-refractivity contribution in [2.75, 3.05) is 0 Å². The normalized spacial score (nSPS) is 17.9. The fraction of sp³-hybridized carbons (Fsp3) is 0.429. The molecule has 3 rings (SSSR count). The van der Waals surface area contributed by atoms with Crippen LogP contribution in [0.15, 0.2) is 36.7 Å². The van der Waals surface area contributed by atoms with Crippen molar-refractivity contribution in [2.45, 2.75) is 56.7 Å². The van der Waals surface area contributed by atoms with Gasteiger partial charge in [-0.2, -0.15) is 13.2 Å². The van der Waals surface area contributed by atoms with Crippen LogP contribution in [0.5, 0.6) is 0 Å². The number of alkyl halides is 3. The summed E-state index contributed by atoms with van der Waals surface area (Å²) >= 11 is 0. The van der Waals surface area contributed by atoms with Gasteiger partial charge in [-0.25, -0.2) is 0 Å². The molecule has 0 saturated heterocycles. The number of benzene rings is 1. The molecule has 0 radical (unpaired) electrons. The van der Waals surface area contributed by atoms with Crippen LogP contribution in [0.4, 0.5) is 13.2 Å². The number of carbonyl (C=O) groups excluding carboxylic acids is 1. The highest BCUT2D eigenvalue weighted by atomic mass is 19.4. The van der Waals surface area contributed by atoms with Crippen LogP contribution in [0, 0.1) is 0 Å². The zero-order valence-electron chi connectivity index (χ0n) is 15.6. The summed E-state index contributed by atoms with van der Waals surface area (Å²) in [7, 11) is 0. The van der Waals surface area contributed by atoms with Crippen molar-refractivity contribution in [1.82, 2.24) is 4.98 Å². The highest BCUT2D eigenvalue weighted by Crippen LogP contribution is 2.48. The lowest BCUT2D eigenvalue weighted by Gasteiger charge is -2.33. The molecule has 0 spiro atoms. The summed E-state index contributed by atoms with van der Waals surface area (Å²) in [6.07, 6.45) is 2.49. The molecule has 3 N–H and O–H groups in total. The molecule has 1 aliphatic carbocycles. The number of hydrogen-bond donors (Lipinski definition) is 2. The van der Waals surface area contributed by atoms with Gasteiger partial charge in [0, 0.05) is 23.5 Å². The Balaban J connectivity index is 2.37. The van der Waals surface area contributed by atoms with Crippen LogP contribution in [0.3, 0.4) is 0 Å². The maximum absolute atomic E-state index is 13.7. The van der Waals surface area contributed by atoms with E-state index in [1.807, 2.05) is 0 Å². The lowest BCUT2D eigenvalue weighted by molar-refractivity contribution is -0.258. The molecule has 1 fully saturated rings. The maximum atomic E-state index is 13.7. The number of aliphatic hydroxyl groups is 1. The third kappa shape index (κ3) is 3.63. The molecule has 1 aromatic heterocycles. The molecule has 1 aromatic carbocycles. The molecule has 1 heterocycles. The molecule has 4 nitrogen and oxygen atoms in total. The van der Waals surface area contributed by atoms with E-state index >= 15 is 0 Å². The number of rotatable bonds is 4. The zero-order chi connectivity index (χ0) is 20.5. The average Bonchev–Trinajstić information content (AvgIpc) is 2.67. The van der Waals surface area contributed by atoms with E-state index in [1.165, 1.54) is 18.5 Å². The number of halogens is 3. The Morgan fingerprint density at radius 3 is 2.25 bits per heavy atom. The van der Waals surface area contributed by atoms with Gasteiger partial charge >= 0.3 is 6.18 Å². The van der Waals surface area contributed by atoms with Gasteiger partial charge in [0.25, 0.3) is 0 Å². The Kier molecular flexibility index (Phi) is 5.48. The number of pyridine rings is 1. The van der Waals surface area contributed by atoms with Gasteiger partial charge in [-0.05, 0) is 60.6 Å². The first-order valence-electron chi connectivity index (χ1n) is 9.31. The largest absolute Gasteiger partial charge is 0.421 e. The summed E-state index contributed by atoms with van der Waals surface area (Å²) in [6, 6.07) is 5.65. The average molecular weight is 392 g/mol. The number of nitrogens with two attached hydrogens (primary N) is 1. The minimum Gasteiger partial charge on any atom is -0.376 e. The molecular weight excluding hydrogens is 369 g/mol. The van der Waals surface area contributed by atoms with E-state index in [2.05, 4.69) is 4.98 Å². The first-order valence-corrected chi connectivity index (χ1v) is 9.31. The minimum absolute atomic E-state index is 0.0941. The second kappa shape index (κ2) is 7.54. The van der Waals surface area contributed by atoms with Gasteiger partial charge in [0.05, 0.1) is 0 Å². The predicted molar refractivity (Wildman–Crippen MR) is 99.6 cm³/mol. The minimum atomic E-state index is -4.88. The van der Waals surface area contributed by atoms with Crippen molar-refractivity contribution in [1.29, 1.82) is 0 Å². The van der Waals surface area contributed by atoms with E-state index in [-0.39, 0.29) is 22.6 Å². The second-order valence-corrected chi connectivity index (χ2v) is 7.45. The van der Waals surface area contributed by atoms with E-state index < -0.39 is 17.7 Å².